The van der Waals surface area contributed by atoms with Crippen LogP contribution < -0.4 is 5.32 Å². The first-order valence-corrected chi connectivity index (χ1v) is 9.41. The number of carbonyl (C=O) groups is 3. The van der Waals surface area contributed by atoms with Gasteiger partial charge in [0.05, 0.1) is 18.8 Å². The largest absolute Gasteiger partial charge is 0.462 e. The van der Waals surface area contributed by atoms with E-state index in [1.165, 1.54) is 36.4 Å². The summed E-state index contributed by atoms with van der Waals surface area (Å²) in [6, 6.07) is 5.62. The molecule has 0 unspecified atom stereocenters. The highest BCUT2D eigenvalue weighted by Gasteiger charge is 2.26. The van der Waals surface area contributed by atoms with Crippen LogP contribution in [0.25, 0.3) is 6.08 Å². The molecule has 0 bridgehead atoms. The van der Waals surface area contributed by atoms with Gasteiger partial charge < -0.3 is 14.8 Å². The van der Waals surface area contributed by atoms with Gasteiger partial charge in [-0.05, 0) is 50.1 Å². The SMILES string of the molecule is CCOC(=O)c1sc(NC(=O)/C=C/c2ccc(F)cc2)c(C(=O)OCC)c1C. The van der Waals surface area contributed by atoms with Crippen LogP contribution in [0.3, 0.4) is 0 Å². The molecule has 1 aromatic carbocycles. The Morgan fingerprint density at radius 1 is 1.07 bits per heavy atom. The fraction of sp³-hybridized carbons (Fsp3) is 0.250. The number of carbonyl (C=O) groups excluding carboxylic acids is 3. The van der Waals surface area contributed by atoms with E-state index in [2.05, 4.69) is 5.32 Å². The summed E-state index contributed by atoms with van der Waals surface area (Å²) in [5.74, 6) is -2.09. The standard InChI is InChI=1S/C20H20FNO5S/c1-4-26-19(24)16-12(3)17(20(25)27-5-2)28-18(16)22-15(23)11-8-13-6-9-14(21)10-7-13/h6-11H,4-5H2,1-3H3,(H,22,23)/b11-8+. The minimum atomic E-state index is -0.635. The fourth-order valence-electron chi connectivity index (χ4n) is 2.34. The molecule has 2 aromatic rings. The van der Waals surface area contributed by atoms with Crippen molar-refractivity contribution in [1.29, 1.82) is 0 Å². The van der Waals surface area contributed by atoms with Gasteiger partial charge >= 0.3 is 11.9 Å². The summed E-state index contributed by atoms with van der Waals surface area (Å²) < 4.78 is 23.0. The van der Waals surface area contributed by atoms with Crippen molar-refractivity contribution in [3.63, 3.8) is 0 Å². The first-order chi connectivity index (χ1) is 13.4. The average Bonchev–Trinajstić information content (AvgIpc) is 2.97. The Morgan fingerprint density at radius 2 is 1.68 bits per heavy atom. The Morgan fingerprint density at radius 3 is 2.29 bits per heavy atom. The molecule has 0 atom stereocenters. The summed E-state index contributed by atoms with van der Waals surface area (Å²) >= 11 is 0.950. The highest BCUT2D eigenvalue weighted by atomic mass is 32.1. The molecule has 0 saturated heterocycles. The summed E-state index contributed by atoms with van der Waals surface area (Å²) in [6.45, 7) is 5.28. The minimum Gasteiger partial charge on any atom is -0.462 e. The molecule has 0 saturated carbocycles. The number of esters is 2. The molecule has 1 amide bonds. The smallest absolute Gasteiger partial charge is 0.348 e. The molecular weight excluding hydrogens is 385 g/mol. The van der Waals surface area contributed by atoms with E-state index in [4.69, 9.17) is 9.47 Å². The van der Waals surface area contributed by atoms with Crippen molar-refractivity contribution in [1.82, 2.24) is 0 Å². The van der Waals surface area contributed by atoms with Crippen molar-refractivity contribution in [3.8, 4) is 0 Å². The number of hydrogen-bond acceptors (Lipinski definition) is 6. The molecule has 28 heavy (non-hydrogen) atoms. The molecule has 0 radical (unpaired) electrons. The number of anilines is 1. The number of hydrogen-bond donors (Lipinski definition) is 1. The highest BCUT2D eigenvalue weighted by molar-refractivity contribution is 7.18. The maximum Gasteiger partial charge on any atom is 0.348 e. The van der Waals surface area contributed by atoms with E-state index in [9.17, 15) is 18.8 Å². The lowest BCUT2D eigenvalue weighted by molar-refractivity contribution is -0.111. The Bertz CT molecular complexity index is 902. The molecule has 0 aliphatic carbocycles. The molecule has 0 aliphatic rings. The van der Waals surface area contributed by atoms with Crippen molar-refractivity contribution < 1.29 is 28.2 Å². The number of nitrogens with one attached hydrogen (secondary N) is 1. The lowest BCUT2D eigenvalue weighted by Crippen LogP contribution is -2.13. The Labute approximate surface area is 166 Å². The molecule has 0 fully saturated rings. The second-order valence-electron chi connectivity index (χ2n) is 5.58. The molecule has 1 aromatic heterocycles. The van der Waals surface area contributed by atoms with Gasteiger partial charge in [0.25, 0.3) is 0 Å². The Kier molecular flexibility index (Phi) is 7.45. The van der Waals surface area contributed by atoms with Crippen LogP contribution in [0.4, 0.5) is 9.39 Å². The average molecular weight is 405 g/mol. The van der Waals surface area contributed by atoms with E-state index >= 15 is 0 Å². The predicted octanol–water partition coefficient (Wildman–Crippen LogP) is 4.20. The number of ether oxygens (including phenoxy) is 2. The van der Waals surface area contributed by atoms with Gasteiger partial charge in [-0.25, -0.2) is 14.0 Å². The second kappa shape index (κ2) is 9.80. The van der Waals surface area contributed by atoms with Gasteiger partial charge in [-0.1, -0.05) is 12.1 Å². The number of rotatable bonds is 7. The zero-order chi connectivity index (χ0) is 20.7. The molecular formula is C20H20FNO5S. The molecule has 148 valence electrons. The van der Waals surface area contributed by atoms with E-state index in [0.29, 0.717) is 11.1 Å². The highest BCUT2D eigenvalue weighted by Crippen LogP contribution is 2.34. The van der Waals surface area contributed by atoms with Crippen LogP contribution in [0, 0.1) is 12.7 Å². The van der Waals surface area contributed by atoms with Crippen LogP contribution in [0.15, 0.2) is 30.3 Å². The third-order valence-electron chi connectivity index (χ3n) is 3.62. The van der Waals surface area contributed by atoms with E-state index in [1.807, 2.05) is 0 Å². The first-order valence-electron chi connectivity index (χ1n) is 8.59. The molecule has 0 spiro atoms. The van der Waals surface area contributed by atoms with Gasteiger partial charge in [-0.3, -0.25) is 4.79 Å². The monoisotopic (exact) mass is 405 g/mol. The zero-order valence-corrected chi connectivity index (χ0v) is 16.5. The predicted molar refractivity (Wildman–Crippen MR) is 105 cm³/mol. The van der Waals surface area contributed by atoms with E-state index in [1.54, 1.807) is 20.8 Å². The lowest BCUT2D eigenvalue weighted by Gasteiger charge is -2.05. The van der Waals surface area contributed by atoms with Gasteiger partial charge in [0, 0.05) is 6.08 Å². The van der Waals surface area contributed by atoms with Gasteiger partial charge in [0.2, 0.25) is 5.91 Å². The number of benzene rings is 1. The normalized spacial score (nSPS) is 10.7. The number of amides is 1. The van der Waals surface area contributed by atoms with Crippen LogP contribution >= 0.6 is 11.3 Å². The minimum absolute atomic E-state index is 0.124. The number of thiophene rings is 1. The Hall–Kier alpha value is -3.00. The summed E-state index contributed by atoms with van der Waals surface area (Å²) in [4.78, 5) is 36.9. The number of halogens is 1. The fourth-order valence-corrected chi connectivity index (χ4v) is 3.43. The van der Waals surface area contributed by atoms with E-state index in [0.717, 1.165) is 11.3 Å². The van der Waals surface area contributed by atoms with Gasteiger partial charge in [0.1, 0.15) is 15.7 Å². The summed E-state index contributed by atoms with van der Waals surface area (Å²) in [6.07, 6.45) is 2.76. The van der Waals surface area contributed by atoms with Crippen molar-refractivity contribution in [2.75, 3.05) is 18.5 Å². The molecule has 8 heteroatoms. The molecule has 6 nitrogen and oxygen atoms in total. The summed E-state index contributed by atoms with van der Waals surface area (Å²) in [7, 11) is 0. The quantitative estimate of drug-likeness (QED) is 0.551. The molecule has 1 heterocycles. The van der Waals surface area contributed by atoms with Crippen LogP contribution in [0.5, 0.6) is 0 Å². The zero-order valence-electron chi connectivity index (χ0n) is 15.7. The Balaban J connectivity index is 2.28. The van der Waals surface area contributed by atoms with Crippen LogP contribution in [-0.2, 0) is 14.3 Å². The topological polar surface area (TPSA) is 81.7 Å². The summed E-state index contributed by atoms with van der Waals surface area (Å²) in [5.41, 5.74) is 1.15. The van der Waals surface area contributed by atoms with Gasteiger partial charge in [-0.2, -0.15) is 0 Å². The van der Waals surface area contributed by atoms with Crippen LogP contribution in [-0.4, -0.2) is 31.1 Å². The first kappa shape index (κ1) is 21.3. The van der Waals surface area contributed by atoms with Crippen LogP contribution in [0.2, 0.25) is 0 Å². The van der Waals surface area contributed by atoms with Crippen molar-refractivity contribution in [3.05, 3.63) is 57.7 Å². The van der Waals surface area contributed by atoms with Crippen molar-refractivity contribution in [2.45, 2.75) is 20.8 Å². The van der Waals surface area contributed by atoms with Crippen molar-refractivity contribution in [2.24, 2.45) is 0 Å². The maximum absolute atomic E-state index is 12.9. The third kappa shape index (κ3) is 5.26. The lowest BCUT2D eigenvalue weighted by atomic mass is 10.1. The molecule has 2 rings (SSSR count). The van der Waals surface area contributed by atoms with E-state index in [-0.39, 0.29) is 34.5 Å². The summed E-state index contributed by atoms with van der Waals surface area (Å²) in [5, 5.41) is 2.80. The van der Waals surface area contributed by atoms with Crippen LogP contribution in [0.1, 0.15) is 45.0 Å². The second-order valence-corrected chi connectivity index (χ2v) is 6.60. The third-order valence-corrected chi connectivity index (χ3v) is 4.81. The van der Waals surface area contributed by atoms with Gasteiger partial charge in [-0.15, -0.1) is 11.3 Å². The maximum atomic E-state index is 12.9. The van der Waals surface area contributed by atoms with Crippen molar-refractivity contribution >= 4 is 40.3 Å². The van der Waals surface area contributed by atoms with E-state index < -0.39 is 17.8 Å². The molecule has 0 aliphatic heterocycles. The molecule has 1 N–H and O–H groups in total. The van der Waals surface area contributed by atoms with Gasteiger partial charge in [0.15, 0.2) is 0 Å².